The third kappa shape index (κ3) is 2.78. The molecule has 0 aromatic heterocycles. The van der Waals surface area contributed by atoms with E-state index in [0.29, 0.717) is 33.0 Å². The molecule has 5 aliphatic rings. The molecule has 0 aromatic carbocycles. The van der Waals surface area contributed by atoms with E-state index in [1.54, 1.807) is 6.92 Å². The van der Waals surface area contributed by atoms with E-state index >= 15 is 0 Å². The second-order valence-corrected chi connectivity index (χ2v) is 14.3. The zero-order valence-corrected chi connectivity index (χ0v) is 21.5. The van der Waals surface area contributed by atoms with Gasteiger partial charge in [0.05, 0.1) is 0 Å². The Morgan fingerprint density at radius 3 is 1.94 bits per heavy atom. The second kappa shape index (κ2) is 6.75. The fourth-order valence-corrected chi connectivity index (χ4v) is 11.6. The van der Waals surface area contributed by atoms with E-state index in [1.807, 2.05) is 0 Å². The van der Waals surface area contributed by atoms with Crippen LogP contribution in [0.15, 0.2) is 0 Å². The minimum Gasteiger partial charge on any atom is -0.462 e. The summed E-state index contributed by atoms with van der Waals surface area (Å²) in [6.45, 7) is 17.5. The summed E-state index contributed by atoms with van der Waals surface area (Å²) in [5.74, 6) is 3.07. The molecule has 9 atom stereocenters. The largest absolute Gasteiger partial charge is 0.462 e. The second-order valence-electron chi connectivity index (χ2n) is 14.3. The van der Waals surface area contributed by atoms with Crippen LogP contribution >= 0.6 is 0 Å². The number of esters is 1. The average Bonchev–Trinajstić information content (AvgIpc) is 2.97. The van der Waals surface area contributed by atoms with E-state index in [1.165, 1.54) is 64.2 Å². The maximum absolute atomic E-state index is 11.8. The summed E-state index contributed by atoms with van der Waals surface area (Å²) in [5.41, 5.74) is 2.28. The summed E-state index contributed by atoms with van der Waals surface area (Å²) < 4.78 is 5.86. The highest BCUT2D eigenvalue weighted by atomic mass is 16.5. The van der Waals surface area contributed by atoms with Crippen LogP contribution in [0.4, 0.5) is 0 Å². The maximum atomic E-state index is 11.8. The lowest BCUT2D eigenvalue weighted by molar-refractivity contribution is -0.242. The highest BCUT2D eigenvalue weighted by molar-refractivity contribution is 5.66. The summed E-state index contributed by atoms with van der Waals surface area (Å²) in [6, 6.07) is 0. The summed E-state index contributed by atoms with van der Waals surface area (Å²) in [4.78, 5) is 11.8. The van der Waals surface area contributed by atoms with E-state index in [9.17, 15) is 4.79 Å². The van der Waals surface area contributed by atoms with E-state index in [2.05, 4.69) is 41.5 Å². The Kier molecular flexibility index (Phi) is 4.85. The van der Waals surface area contributed by atoms with Gasteiger partial charge in [-0.1, -0.05) is 48.0 Å². The van der Waals surface area contributed by atoms with Gasteiger partial charge in [-0.05, 0) is 109 Å². The maximum Gasteiger partial charge on any atom is 0.302 e. The van der Waals surface area contributed by atoms with Gasteiger partial charge in [-0.25, -0.2) is 0 Å². The average molecular weight is 429 g/mol. The van der Waals surface area contributed by atoms with Crippen molar-refractivity contribution in [2.75, 3.05) is 0 Å². The van der Waals surface area contributed by atoms with Crippen molar-refractivity contribution in [2.24, 2.45) is 50.7 Å². The van der Waals surface area contributed by atoms with Crippen molar-refractivity contribution in [2.45, 2.75) is 125 Å². The molecule has 5 rings (SSSR count). The van der Waals surface area contributed by atoms with Crippen LogP contribution in [0.2, 0.25) is 0 Å². The first-order valence-corrected chi connectivity index (χ1v) is 13.6. The Balaban J connectivity index is 1.49. The van der Waals surface area contributed by atoms with E-state index in [0.717, 1.165) is 24.2 Å². The number of rotatable bonds is 1. The molecule has 176 valence electrons. The quantitative estimate of drug-likeness (QED) is 0.398. The molecular weight excluding hydrogens is 380 g/mol. The number of hydrogen-bond acceptors (Lipinski definition) is 2. The lowest BCUT2D eigenvalue weighted by Gasteiger charge is -2.73. The summed E-state index contributed by atoms with van der Waals surface area (Å²) in [6.07, 6.45) is 15.1. The van der Waals surface area contributed by atoms with Crippen LogP contribution < -0.4 is 0 Å². The van der Waals surface area contributed by atoms with Gasteiger partial charge in [0.15, 0.2) is 0 Å². The molecule has 0 radical (unpaired) electrons. The first-order chi connectivity index (χ1) is 14.4. The van der Waals surface area contributed by atoms with Crippen LogP contribution in [0.5, 0.6) is 0 Å². The van der Waals surface area contributed by atoms with Crippen molar-refractivity contribution in [1.82, 2.24) is 0 Å². The van der Waals surface area contributed by atoms with Gasteiger partial charge in [-0.15, -0.1) is 0 Å². The molecule has 0 N–H and O–H groups in total. The Morgan fingerprint density at radius 2 is 1.29 bits per heavy atom. The fraction of sp³-hybridized carbons (Fsp3) is 0.966. The number of carbonyl (C=O) groups is 1. The molecule has 0 aliphatic heterocycles. The van der Waals surface area contributed by atoms with E-state index < -0.39 is 0 Å². The van der Waals surface area contributed by atoms with Gasteiger partial charge in [0.2, 0.25) is 0 Å². The van der Waals surface area contributed by atoms with Gasteiger partial charge in [-0.3, -0.25) is 4.79 Å². The number of carbonyl (C=O) groups excluding carboxylic acids is 1. The fourth-order valence-electron chi connectivity index (χ4n) is 11.6. The number of fused-ring (bicyclic) bond motifs is 7. The first-order valence-electron chi connectivity index (χ1n) is 13.6. The van der Waals surface area contributed by atoms with Crippen molar-refractivity contribution in [3.8, 4) is 0 Å². The highest BCUT2D eigenvalue weighted by Gasteiger charge is 2.70. The van der Waals surface area contributed by atoms with Gasteiger partial charge in [-0.2, -0.15) is 0 Å². The summed E-state index contributed by atoms with van der Waals surface area (Å²) in [7, 11) is 0. The zero-order chi connectivity index (χ0) is 22.4. The smallest absolute Gasteiger partial charge is 0.302 e. The van der Waals surface area contributed by atoms with Gasteiger partial charge in [0, 0.05) is 12.8 Å². The van der Waals surface area contributed by atoms with Gasteiger partial charge < -0.3 is 4.74 Å². The van der Waals surface area contributed by atoms with Crippen molar-refractivity contribution < 1.29 is 9.53 Å². The van der Waals surface area contributed by atoms with Crippen LogP contribution in [0, 0.1) is 50.7 Å². The standard InChI is InChI=1S/C29H48O2/c1-19(30)31-21-12-16-26(4)20(21)11-17-28(6)23(26)9-10-24-27(5)15-8-14-25(2,3)22(27)13-18-29(24,28)7/h20-24H,8-18H2,1-7H3/t20-,21+,22?,23?,24+,26-,27-,28+,29+/m0/s1. The Labute approximate surface area is 191 Å². The van der Waals surface area contributed by atoms with Crippen molar-refractivity contribution in [3.05, 3.63) is 0 Å². The van der Waals surface area contributed by atoms with Crippen molar-refractivity contribution in [1.29, 1.82) is 0 Å². The van der Waals surface area contributed by atoms with Crippen LogP contribution in [-0.4, -0.2) is 12.1 Å². The zero-order valence-electron chi connectivity index (χ0n) is 21.5. The molecule has 0 bridgehead atoms. The lowest BCUT2D eigenvalue weighted by atomic mass is 9.32. The van der Waals surface area contributed by atoms with Gasteiger partial charge >= 0.3 is 5.97 Å². The normalized spacial score (nSPS) is 55.4. The molecule has 0 spiro atoms. The number of ether oxygens (including phenoxy) is 1. The van der Waals surface area contributed by atoms with Crippen molar-refractivity contribution >= 4 is 5.97 Å². The first kappa shape index (κ1) is 22.3. The molecule has 0 heterocycles. The SMILES string of the molecule is CC(=O)O[C@@H]1CC[C@]2(C)C3CC[C@@H]4[C@@]5(C)CCCC(C)(C)C5CC[C@@]4(C)[C@]3(C)CC[C@@H]12. The Hall–Kier alpha value is -0.530. The van der Waals surface area contributed by atoms with Crippen LogP contribution in [-0.2, 0) is 9.53 Å². The minimum absolute atomic E-state index is 0.0792. The highest BCUT2D eigenvalue weighted by Crippen LogP contribution is 2.77. The molecule has 2 nitrogen and oxygen atoms in total. The van der Waals surface area contributed by atoms with E-state index in [4.69, 9.17) is 4.74 Å². The molecule has 0 amide bonds. The lowest BCUT2D eigenvalue weighted by Crippen LogP contribution is -2.66. The predicted molar refractivity (Wildman–Crippen MR) is 127 cm³/mol. The number of hydrogen-bond donors (Lipinski definition) is 0. The topological polar surface area (TPSA) is 26.3 Å². The monoisotopic (exact) mass is 428 g/mol. The van der Waals surface area contributed by atoms with Gasteiger partial charge in [0.25, 0.3) is 0 Å². The molecule has 31 heavy (non-hydrogen) atoms. The third-order valence-corrected chi connectivity index (χ3v) is 13.0. The van der Waals surface area contributed by atoms with E-state index in [-0.39, 0.29) is 12.1 Å². The minimum atomic E-state index is -0.0792. The summed E-state index contributed by atoms with van der Waals surface area (Å²) in [5, 5.41) is 0. The van der Waals surface area contributed by atoms with Crippen LogP contribution in [0.25, 0.3) is 0 Å². The Morgan fingerprint density at radius 1 is 0.677 bits per heavy atom. The Bertz CT molecular complexity index is 756. The van der Waals surface area contributed by atoms with Gasteiger partial charge in [0.1, 0.15) is 6.10 Å². The van der Waals surface area contributed by atoms with Crippen LogP contribution in [0.3, 0.4) is 0 Å². The molecule has 5 saturated carbocycles. The molecule has 0 saturated heterocycles. The molecular formula is C29H48O2. The predicted octanol–water partition coefficient (Wildman–Crippen LogP) is 7.79. The molecule has 2 heteroatoms. The molecule has 0 aromatic rings. The van der Waals surface area contributed by atoms with Crippen molar-refractivity contribution in [3.63, 3.8) is 0 Å². The third-order valence-electron chi connectivity index (χ3n) is 13.0. The molecule has 5 aliphatic carbocycles. The molecule has 5 fully saturated rings. The molecule has 2 unspecified atom stereocenters. The summed E-state index contributed by atoms with van der Waals surface area (Å²) >= 11 is 0. The van der Waals surface area contributed by atoms with Crippen LogP contribution in [0.1, 0.15) is 119 Å².